The molecule has 1 heterocycles. The third-order valence-corrected chi connectivity index (χ3v) is 4.85. The van der Waals surface area contributed by atoms with E-state index < -0.39 is 0 Å². The van der Waals surface area contributed by atoms with Crippen LogP contribution in [-0.4, -0.2) is 10.2 Å². The van der Waals surface area contributed by atoms with Crippen LogP contribution in [0, 0.1) is 0 Å². The SMILES string of the molecule is NNc1nnc(CSc2ccccc2Br)s1. The third-order valence-electron chi connectivity index (χ3n) is 1.78. The number of rotatable bonds is 4. The highest BCUT2D eigenvalue weighted by Gasteiger charge is 2.05. The first-order valence-corrected chi connectivity index (χ1v) is 7.05. The fraction of sp³-hybridized carbons (Fsp3) is 0.111. The van der Waals surface area contributed by atoms with Crippen LogP contribution in [0.25, 0.3) is 0 Å². The van der Waals surface area contributed by atoms with Crippen molar-refractivity contribution in [3.05, 3.63) is 33.7 Å². The van der Waals surface area contributed by atoms with Gasteiger partial charge in [0.1, 0.15) is 5.01 Å². The lowest BCUT2D eigenvalue weighted by molar-refractivity contribution is 1.03. The first-order chi connectivity index (χ1) is 7.79. The van der Waals surface area contributed by atoms with Crippen LogP contribution in [-0.2, 0) is 5.75 Å². The smallest absolute Gasteiger partial charge is 0.219 e. The lowest BCUT2D eigenvalue weighted by atomic mass is 10.4. The van der Waals surface area contributed by atoms with E-state index in [1.165, 1.54) is 16.2 Å². The molecule has 84 valence electrons. The summed E-state index contributed by atoms with van der Waals surface area (Å²) in [4.78, 5) is 1.19. The molecule has 0 aliphatic rings. The van der Waals surface area contributed by atoms with Gasteiger partial charge in [-0.25, -0.2) is 5.84 Å². The number of anilines is 1. The molecule has 3 N–H and O–H groups in total. The maximum atomic E-state index is 5.24. The predicted octanol–water partition coefficient (Wildman–Crippen LogP) is 2.88. The van der Waals surface area contributed by atoms with Gasteiger partial charge < -0.3 is 0 Å². The van der Waals surface area contributed by atoms with E-state index in [-0.39, 0.29) is 0 Å². The first-order valence-electron chi connectivity index (χ1n) is 4.46. The number of hydrogen-bond acceptors (Lipinski definition) is 6. The number of hydrogen-bond donors (Lipinski definition) is 2. The Kier molecular flexibility index (Phi) is 4.16. The van der Waals surface area contributed by atoms with Gasteiger partial charge in [-0.15, -0.1) is 22.0 Å². The Bertz CT molecular complexity index is 474. The average Bonchev–Trinajstić information content (AvgIpc) is 2.76. The lowest BCUT2D eigenvalue weighted by Gasteiger charge is -2.00. The number of hydrazine groups is 1. The molecule has 0 saturated heterocycles. The van der Waals surface area contributed by atoms with Gasteiger partial charge in [0.25, 0.3) is 0 Å². The van der Waals surface area contributed by atoms with E-state index >= 15 is 0 Å². The molecule has 7 heteroatoms. The number of nitrogens with two attached hydrogens (primary N) is 1. The summed E-state index contributed by atoms with van der Waals surface area (Å²) in [7, 11) is 0. The van der Waals surface area contributed by atoms with Crippen molar-refractivity contribution in [2.45, 2.75) is 10.6 Å². The van der Waals surface area contributed by atoms with E-state index in [0.717, 1.165) is 15.2 Å². The van der Waals surface area contributed by atoms with Crippen molar-refractivity contribution in [2.75, 3.05) is 5.43 Å². The van der Waals surface area contributed by atoms with Gasteiger partial charge in [-0.3, -0.25) is 5.43 Å². The Morgan fingerprint density at radius 1 is 1.38 bits per heavy atom. The summed E-state index contributed by atoms with van der Waals surface area (Å²) in [6, 6.07) is 8.10. The van der Waals surface area contributed by atoms with E-state index in [2.05, 4.69) is 37.6 Å². The number of aromatic nitrogens is 2. The molecule has 0 atom stereocenters. The lowest BCUT2D eigenvalue weighted by Crippen LogP contribution is -2.05. The van der Waals surface area contributed by atoms with Gasteiger partial charge in [0.05, 0.1) is 5.75 Å². The van der Waals surface area contributed by atoms with Gasteiger partial charge >= 0.3 is 0 Å². The molecule has 0 unspecified atom stereocenters. The first kappa shape index (κ1) is 11.8. The van der Waals surface area contributed by atoms with Crippen LogP contribution in [0.2, 0.25) is 0 Å². The van der Waals surface area contributed by atoms with Crippen LogP contribution >= 0.6 is 39.0 Å². The van der Waals surface area contributed by atoms with Gasteiger partial charge in [-0.2, -0.15) is 0 Å². The third kappa shape index (κ3) is 2.94. The Hall–Kier alpha value is -0.630. The summed E-state index contributed by atoms with van der Waals surface area (Å²) < 4.78 is 1.10. The van der Waals surface area contributed by atoms with Gasteiger partial charge in [0.15, 0.2) is 0 Å². The van der Waals surface area contributed by atoms with Crippen molar-refractivity contribution in [2.24, 2.45) is 5.84 Å². The Labute approximate surface area is 110 Å². The molecule has 0 radical (unpaired) electrons. The van der Waals surface area contributed by atoms with Crippen LogP contribution < -0.4 is 11.3 Å². The van der Waals surface area contributed by atoms with Crippen molar-refractivity contribution in [3.63, 3.8) is 0 Å². The number of nitrogens with zero attached hydrogens (tertiary/aromatic N) is 2. The van der Waals surface area contributed by atoms with Gasteiger partial charge in [-0.05, 0) is 28.1 Å². The minimum absolute atomic E-state index is 0.641. The average molecular weight is 317 g/mol. The van der Waals surface area contributed by atoms with Crippen LogP contribution in [0.4, 0.5) is 5.13 Å². The Balaban J connectivity index is 1.99. The molecular formula is C9H9BrN4S2. The van der Waals surface area contributed by atoms with Crippen LogP contribution in [0.3, 0.4) is 0 Å². The van der Waals surface area contributed by atoms with Gasteiger partial charge in [0.2, 0.25) is 5.13 Å². The largest absolute Gasteiger partial charge is 0.298 e. The molecule has 0 fully saturated rings. The zero-order valence-electron chi connectivity index (χ0n) is 8.18. The molecule has 1 aromatic heterocycles. The fourth-order valence-corrected chi connectivity index (χ4v) is 3.28. The summed E-state index contributed by atoms with van der Waals surface area (Å²) in [6.07, 6.45) is 0. The number of nitrogens with one attached hydrogen (secondary N) is 1. The van der Waals surface area contributed by atoms with E-state index in [1.807, 2.05) is 18.2 Å². The number of halogens is 1. The van der Waals surface area contributed by atoms with E-state index in [4.69, 9.17) is 5.84 Å². The fourth-order valence-electron chi connectivity index (χ4n) is 1.07. The van der Waals surface area contributed by atoms with Gasteiger partial charge in [0, 0.05) is 9.37 Å². The van der Waals surface area contributed by atoms with E-state index in [0.29, 0.717) is 5.13 Å². The molecule has 2 rings (SSSR count). The number of nitrogen functional groups attached to an aromatic ring is 1. The molecule has 0 bridgehead atoms. The van der Waals surface area contributed by atoms with Crippen LogP contribution in [0.5, 0.6) is 0 Å². The second kappa shape index (κ2) is 5.62. The Morgan fingerprint density at radius 2 is 2.19 bits per heavy atom. The second-order valence-electron chi connectivity index (χ2n) is 2.86. The molecule has 0 amide bonds. The zero-order chi connectivity index (χ0) is 11.4. The summed E-state index contributed by atoms with van der Waals surface area (Å²) in [5.74, 6) is 6.03. The molecule has 4 nitrogen and oxygen atoms in total. The molecule has 0 saturated carbocycles. The molecular weight excluding hydrogens is 308 g/mol. The zero-order valence-corrected chi connectivity index (χ0v) is 11.4. The molecule has 0 aliphatic carbocycles. The molecule has 2 aromatic rings. The van der Waals surface area contributed by atoms with Crippen molar-refractivity contribution in [1.82, 2.24) is 10.2 Å². The van der Waals surface area contributed by atoms with Crippen LogP contribution in [0.1, 0.15) is 5.01 Å². The standard InChI is InChI=1S/C9H9BrN4S2/c10-6-3-1-2-4-7(6)15-5-8-13-14-9(12-11)16-8/h1-4H,5,11H2,(H,12,14). The van der Waals surface area contributed by atoms with Crippen molar-refractivity contribution in [1.29, 1.82) is 0 Å². The molecule has 1 aromatic carbocycles. The highest BCUT2D eigenvalue weighted by atomic mass is 79.9. The summed E-state index contributed by atoms with van der Waals surface area (Å²) in [5, 5.41) is 9.49. The summed E-state index contributed by atoms with van der Waals surface area (Å²) in [5.41, 5.74) is 2.48. The van der Waals surface area contributed by atoms with Gasteiger partial charge in [-0.1, -0.05) is 23.5 Å². The Morgan fingerprint density at radius 3 is 2.88 bits per heavy atom. The van der Waals surface area contributed by atoms with E-state index in [9.17, 15) is 0 Å². The number of thioether (sulfide) groups is 1. The highest BCUT2D eigenvalue weighted by molar-refractivity contribution is 9.10. The maximum absolute atomic E-state index is 5.24. The van der Waals surface area contributed by atoms with E-state index in [1.54, 1.807) is 11.8 Å². The minimum atomic E-state index is 0.641. The van der Waals surface area contributed by atoms with Crippen molar-refractivity contribution >= 4 is 44.2 Å². The van der Waals surface area contributed by atoms with Crippen molar-refractivity contribution < 1.29 is 0 Å². The highest BCUT2D eigenvalue weighted by Crippen LogP contribution is 2.30. The normalized spacial score (nSPS) is 10.4. The summed E-state index contributed by atoms with van der Waals surface area (Å²) in [6.45, 7) is 0. The number of benzene rings is 1. The molecule has 16 heavy (non-hydrogen) atoms. The predicted molar refractivity (Wildman–Crippen MR) is 71.4 cm³/mol. The second-order valence-corrected chi connectivity index (χ2v) is 5.80. The summed E-state index contributed by atoms with van der Waals surface area (Å²) >= 11 is 6.68. The van der Waals surface area contributed by atoms with Crippen LogP contribution in [0.15, 0.2) is 33.6 Å². The molecule has 0 aliphatic heterocycles. The molecule has 0 spiro atoms. The van der Waals surface area contributed by atoms with Crippen molar-refractivity contribution in [3.8, 4) is 0 Å². The quantitative estimate of drug-likeness (QED) is 0.516. The minimum Gasteiger partial charge on any atom is -0.298 e. The monoisotopic (exact) mass is 316 g/mol. The maximum Gasteiger partial charge on any atom is 0.219 e. The topological polar surface area (TPSA) is 63.8 Å².